The Hall–Kier alpha value is -0.840. The fraction of sp³-hybridized carbons (Fsp3) is 0.500. The Morgan fingerprint density at radius 2 is 2.10 bits per heavy atom. The highest BCUT2D eigenvalue weighted by atomic mass is 35.6. The third kappa shape index (κ3) is 4.09. The lowest BCUT2D eigenvalue weighted by molar-refractivity contribution is -0.115. The van der Waals surface area contributed by atoms with E-state index in [-0.39, 0.29) is 0 Å². The number of nitrogens with two attached hydrogens (primary N) is 1. The van der Waals surface area contributed by atoms with Crippen LogP contribution in [0.15, 0.2) is 18.2 Å². The first-order chi connectivity index (χ1) is 9.79. The highest BCUT2D eigenvalue weighted by molar-refractivity contribution is 6.76. The van der Waals surface area contributed by atoms with Crippen molar-refractivity contribution in [3.63, 3.8) is 0 Å². The summed E-state index contributed by atoms with van der Waals surface area (Å²) in [6, 6.07) is 5.78. The van der Waals surface area contributed by atoms with Crippen molar-refractivity contribution in [1.82, 2.24) is 0 Å². The number of hydrogen-bond acceptors (Lipinski definition) is 3. The Morgan fingerprint density at radius 1 is 1.38 bits per heavy atom. The van der Waals surface area contributed by atoms with Crippen LogP contribution in [0.5, 0.6) is 0 Å². The molecule has 1 aliphatic heterocycles. The third-order valence-electron chi connectivity index (χ3n) is 3.64. The molecule has 1 aromatic carbocycles. The number of anilines is 3. The topological polar surface area (TPSA) is 58.4 Å². The second kappa shape index (κ2) is 6.51. The average Bonchev–Trinajstić information content (AvgIpc) is 2.39. The van der Waals surface area contributed by atoms with Gasteiger partial charge in [0.2, 0.25) is 0 Å². The van der Waals surface area contributed by atoms with Gasteiger partial charge in [-0.05, 0) is 44.4 Å². The summed E-state index contributed by atoms with van der Waals surface area (Å²) in [6.45, 7) is 3.10. The average molecular weight is 351 g/mol. The molecular formula is C14H18Cl3N3O. The van der Waals surface area contributed by atoms with Crippen molar-refractivity contribution >= 4 is 57.8 Å². The molecule has 7 heteroatoms. The van der Waals surface area contributed by atoms with E-state index in [0.29, 0.717) is 17.4 Å². The number of carbonyl (C=O) groups is 1. The van der Waals surface area contributed by atoms with Gasteiger partial charge in [0.25, 0.3) is 9.70 Å². The number of alkyl halides is 3. The zero-order valence-corrected chi connectivity index (χ0v) is 14.0. The molecule has 4 nitrogen and oxygen atoms in total. The first-order valence-electron chi connectivity index (χ1n) is 6.83. The van der Waals surface area contributed by atoms with Crippen LogP contribution in [0.4, 0.5) is 17.1 Å². The second-order valence-electron chi connectivity index (χ2n) is 5.27. The molecule has 21 heavy (non-hydrogen) atoms. The van der Waals surface area contributed by atoms with Gasteiger partial charge in [-0.3, -0.25) is 4.79 Å². The third-order valence-corrected chi connectivity index (χ3v) is 4.15. The Kier molecular flexibility index (Phi) is 5.12. The van der Waals surface area contributed by atoms with Crippen LogP contribution in [0.1, 0.15) is 26.2 Å². The summed E-state index contributed by atoms with van der Waals surface area (Å²) in [4.78, 5) is 14.1. The molecule has 0 bridgehead atoms. The number of rotatable bonds is 2. The molecule has 1 aromatic rings. The number of nitrogen functional groups attached to an aromatic ring is 1. The smallest absolute Gasteiger partial charge is 0.276 e. The van der Waals surface area contributed by atoms with Crippen LogP contribution in [0.2, 0.25) is 0 Å². The van der Waals surface area contributed by atoms with Crippen molar-refractivity contribution < 1.29 is 4.79 Å². The Morgan fingerprint density at radius 3 is 2.71 bits per heavy atom. The van der Waals surface area contributed by atoms with E-state index in [9.17, 15) is 4.79 Å². The van der Waals surface area contributed by atoms with Crippen LogP contribution in [0.3, 0.4) is 0 Å². The zero-order chi connectivity index (χ0) is 15.6. The van der Waals surface area contributed by atoms with Crippen LogP contribution in [-0.2, 0) is 4.79 Å². The van der Waals surface area contributed by atoms with Gasteiger partial charge in [0, 0.05) is 18.3 Å². The molecule has 0 radical (unpaired) electrons. The van der Waals surface area contributed by atoms with E-state index in [4.69, 9.17) is 40.5 Å². The van der Waals surface area contributed by atoms with Gasteiger partial charge in [-0.15, -0.1) is 0 Å². The first-order valence-corrected chi connectivity index (χ1v) is 7.97. The van der Waals surface area contributed by atoms with Crippen molar-refractivity contribution in [2.75, 3.05) is 22.5 Å². The van der Waals surface area contributed by atoms with E-state index in [1.165, 1.54) is 6.42 Å². The van der Waals surface area contributed by atoms with Gasteiger partial charge in [-0.1, -0.05) is 34.8 Å². The predicted molar refractivity (Wildman–Crippen MR) is 90.4 cm³/mol. The number of nitrogens with one attached hydrogen (secondary N) is 1. The van der Waals surface area contributed by atoms with E-state index in [1.54, 1.807) is 6.07 Å². The molecule has 0 unspecified atom stereocenters. The summed E-state index contributed by atoms with van der Waals surface area (Å²) in [5.41, 5.74) is 7.82. The summed E-state index contributed by atoms with van der Waals surface area (Å²) in [5, 5.41) is 2.65. The lowest BCUT2D eigenvalue weighted by Gasteiger charge is -2.36. The molecule has 0 aromatic heterocycles. The van der Waals surface area contributed by atoms with Gasteiger partial charge >= 0.3 is 0 Å². The number of piperidine rings is 1. The number of benzene rings is 1. The molecule has 1 saturated heterocycles. The Bertz CT molecular complexity index is 531. The summed E-state index contributed by atoms with van der Waals surface area (Å²) in [5.74, 6) is -0.691. The maximum Gasteiger partial charge on any atom is 0.276 e. The number of halogens is 3. The summed E-state index contributed by atoms with van der Waals surface area (Å²) in [6.07, 6.45) is 3.44. The van der Waals surface area contributed by atoms with E-state index in [2.05, 4.69) is 17.1 Å². The summed E-state index contributed by atoms with van der Waals surface area (Å²) in [7, 11) is 0. The lowest BCUT2D eigenvalue weighted by Crippen LogP contribution is -2.38. The van der Waals surface area contributed by atoms with Crippen molar-refractivity contribution in [2.45, 2.75) is 36.0 Å². The van der Waals surface area contributed by atoms with Crippen molar-refractivity contribution in [3.8, 4) is 0 Å². The molecule has 1 amide bonds. The minimum absolute atomic E-state index is 0.394. The number of hydrogen-bond donors (Lipinski definition) is 2. The highest BCUT2D eigenvalue weighted by Gasteiger charge is 2.32. The summed E-state index contributed by atoms with van der Waals surface area (Å²) < 4.78 is -2.00. The van der Waals surface area contributed by atoms with Gasteiger partial charge in [-0.2, -0.15) is 0 Å². The minimum Gasteiger partial charge on any atom is -0.399 e. The van der Waals surface area contributed by atoms with E-state index in [1.807, 2.05) is 12.1 Å². The Labute approximate surface area is 139 Å². The summed E-state index contributed by atoms with van der Waals surface area (Å²) >= 11 is 16.8. The monoisotopic (exact) mass is 349 g/mol. The molecule has 0 aliphatic carbocycles. The fourth-order valence-electron chi connectivity index (χ4n) is 2.55. The van der Waals surface area contributed by atoms with Crippen molar-refractivity contribution in [3.05, 3.63) is 18.2 Å². The van der Waals surface area contributed by atoms with Crippen LogP contribution in [-0.4, -0.2) is 22.3 Å². The molecule has 116 valence electrons. The molecule has 1 atom stereocenters. The number of amides is 1. The van der Waals surface area contributed by atoms with Gasteiger partial charge in [-0.25, -0.2) is 0 Å². The normalized spacial score (nSPS) is 19.4. The lowest BCUT2D eigenvalue weighted by atomic mass is 10.0. The Balaban J connectivity index is 2.31. The molecule has 0 saturated carbocycles. The maximum atomic E-state index is 11.9. The quantitative estimate of drug-likeness (QED) is 0.627. The van der Waals surface area contributed by atoms with Gasteiger partial charge < -0.3 is 16.0 Å². The van der Waals surface area contributed by atoms with E-state index in [0.717, 1.165) is 25.1 Å². The molecule has 0 spiro atoms. The van der Waals surface area contributed by atoms with E-state index >= 15 is 0 Å². The van der Waals surface area contributed by atoms with Gasteiger partial charge in [0.15, 0.2) is 0 Å². The highest BCUT2D eigenvalue weighted by Crippen LogP contribution is 2.35. The maximum absolute atomic E-state index is 11.9. The van der Waals surface area contributed by atoms with Crippen LogP contribution >= 0.6 is 34.8 Å². The van der Waals surface area contributed by atoms with E-state index < -0.39 is 9.70 Å². The van der Waals surface area contributed by atoms with Crippen LogP contribution < -0.4 is 16.0 Å². The molecule has 2 rings (SSSR count). The molecule has 1 aliphatic rings. The van der Waals surface area contributed by atoms with Crippen LogP contribution in [0.25, 0.3) is 0 Å². The van der Waals surface area contributed by atoms with Crippen LogP contribution in [0, 0.1) is 0 Å². The first kappa shape index (κ1) is 16.5. The number of carbonyl (C=O) groups excluding carboxylic acids is 1. The largest absolute Gasteiger partial charge is 0.399 e. The standard InChI is InChI=1S/C14H18Cl3N3O/c1-9-4-2-3-7-20(9)12-6-5-10(18)8-11(12)19-13(21)14(15,16)17/h5-6,8-9H,2-4,7,18H2,1H3,(H,19,21)/t9-/m1/s1. The molecular weight excluding hydrogens is 333 g/mol. The molecule has 1 fully saturated rings. The minimum atomic E-state index is -2.00. The fourth-order valence-corrected chi connectivity index (χ4v) is 2.70. The van der Waals surface area contributed by atoms with Gasteiger partial charge in [0.05, 0.1) is 11.4 Å². The molecule has 3 N–H and O–H groups in total. The molecule has 1 heterocycles. The number of nitrogens with zero attached hydrogens (tertiary/aromatic N) is 1. The van der Waals surface area contributed by atoms with Crippen molar-refractivity contribution in [2.24, 2.45) is 0 Å². The van der Waals surface area contributed by atoms with Gasteiger partial charge in [0.1, 0.15) is 0 Å². The zero-order valence-electron chi connectivity index (χ0n) is 11.7. The van der Waals surface area contributed by atoms with Crippen molar-refractivity contribution in [1.29, 1.82) is 0 Å². The SMILES string of the molecule is C[C@@H]1CCCCN1c1ccc(N)cc1NC(=O)C(Cl)(Cl)Cl. The second-order valence-corrected chi connectivity index (χ2v) is 7.55. The predicted octanol–water partition coefficient (Wildman–Crippen LogP) is 3.96.